The maximum Gasteiger partial charge on any atom is 0.247 e. The van der Waals surface area contributed by atoms with E-state index >= 15 is 0 Å². The average molecular weight is 260 g/mol. The van der Waals surface area contributed by atoms with Crippen molar-refractivity contribution in [2.24, 2.45) is 5.92 Å². The third-order valence-electron chi connectivity index (χ3n) is 3.47. The van der Waals surface area contributed by atoms with Crippen molar-refractivity contribution >= 4 is 11.8 Å². The molecule has 2 amide bonds. The van der Waals surface area contributed by atoms with Crippen LogP contribution in [0.3, 0.4) is 0 Å². The molecule has 1 saturated heterocycles. The van der Waals surface area contributed by atoms with Crippen LogP contribution in [0.15, 0.2) is 24.3 Å². The van der Waals surface area contributed by atoms with Crippen LogP contribution in [0.4, 0.5) is 0 Å². The fourth-order valence-electron chi connectivity index (χ4n) is 2.44. The first kappa shape index (κ1) is 13.6. The molecule has 0 saturated carbocycles. The van der Waals surface area contributed by atoms with Gasteiger partial charge in [0, 0.05) is 19.0 Å². The molecular formula is C15H20N2O2. The molecule has 102 valence electrons. The van der Waals surface area contributed by atoms with Gasteiger partial charge < -0.3 is 10.2 Å². The number of hydrogen-bond donors (Lipinski definition) is 1. The number of hydrogen-bond acceptors (Lipinski definition) is 2. The molecule has 0 radical (unpaired) electrons. The molecule has 19 heavy (non-hydrogen) atoms. The van der Waals surface area contributed by atoms with E-state index in [1.54, 1.807) is 4.90 Å². The lowest BCUT2D eigenvalue weighted by molar-refractivity contribution is -0.145. The van der Waals surface area contributed by atoms with Gasteiger partial charge in [-0.3, -0.25) is 9.59 Å². The number of nitrogens with zero attached hydrogens (tertiary/aromatic N) is 1. The summed E-state index contributed by atoms with van der Waals surface area (Å²) in [6, 6.07) is 7.24. The molecule has 4 heteroatoms. The molecule has 1 N–H and O–H groups in total. The third-order valence-corrected chi connectivity index (χ3v) is 3.47. The highest BCUT2D eigenvalue weighted by Gasteiger charge is 2.35. The Kier molecular flexibility index (Phi) is 3.88. The second-order valence-electron chi connectivity index (χ2n) is 5.24. The van der Waals surface area contributed by atoms with E-state index < -0.39 is 6.04 Å². The van der Waals surface area contributed by atoms with E-state index in [0.29, 0.717) is 13.1 Å². The molecule has 0 bridgehead atoms. The molecule has 1 aromatic carbocycles. The van der Waals surface area contributed by atoms with Gasteiger partial charge in [0.15, 0.2) is 0 Å². The van der Waals surface area contributed by atoms with Crippen LogP contribution < -0.4 is 5.32 Å². The van der Waals surface area contributed by atoms with Crippen LogP contribution >= 0.6 is 0 Å². The van der Waals surface area contributed by atoms with Gasteiger partial charge in [-0.2, -0.15) is 0 Å². The largest absolute Gasteiger partial charge is 0.352 e. The minimum atomic E-state index is -0.496. The normalized spacial score (nSPS) is 19.5. The summed E-state index contributed by atoms with van der Waals surface area (Å²) in [6.07, 6.45) is 0. The van der Waals surface area contributed by atoms with E-state index in [-0.39, 0.29) is 17.7 Å². The zero-order chi connectivity index (χ0) is 14.0. The molecule has 1 aromatic rings. The molecule has 1 heterocycles. The van der Waals surface area contributed by atoms with E-state index in [9.17, 15) is 9.59 Å². The zero-order valence-corrected chi connectivity index (χ0v) is 11.6. The Hall–Kier alpha value is -1.84. The van der Waals surface area contributed by atoms with Gasteiger partial charge in [0.05, 0.1) is 0 Å². The number of carbonyl (C=O) groups is 2. The van der Waals surface area contributed by atoms with Crippen LogP contribution in [0, 0.1) is 12.8 Å². The van der Waals surface area contributed by atoms with Crippen molar-refractivity contribution < 1.29 is 9.59 Å². The summed E-state index contributed by atoms with van der Waals surface area (Å²) in [6.45, 7) is 6.80. The van der Waals surface area contributed by atoms with Gasteiger partial charge in [-0.15, -0.1) is 0 Å². The molecule has 4 nitrogen and oxygen atoms in total. The van der Waals surface area contributed by atoms with E-state index in [4.69, 9.17) is 0 Å². The predicted octanol–water partition coefficient (Wildman–Crippen LogP) is 1.65. The lowest BCUT2D eigenvalue weighted by Gasteiger charge is -2.37. The Morgan fingerprint density at radius 1 is 1.37 bits per heavy atom. The highest BCUT2D eigenvalue weighted by atomic mass is 16.2. The number of carbonyl (C=O) groups excluding carboxylic acids is 2. The average Bonchev–Trinajstić information content (AvgIpc) is 2.38. The van der Waals surface area contributed by atoms with Gasteiger partial charge in [0.25, 0.3) is 0 Å². The van der Waals surface area contributed by atoms with Crippen molar-refractivity contribution in [3.8, 4) is 0 Å². The molecule has 1 aliphatic rings. The first-order valence-corrected chi connectivity index (χ1v) is 6.66. The first-order valence-electron chi connectivity index (χ1n) is 6.66. The molecule has 1 aliphatic heterocycles. The van der Waals surface area contributed by atoms with E-state index in [1.807, 2.05) is 45.0 Å². The quantitative estimate of drug-likeness (QED) is 0.879. The molecule has 1 unspecified atom stereocenters. The Labute approximate surface area is 113 Å². The minimum Gasteiger partial charge on any atom is -0.352 e. The first-order chi connectivity index (χ1) is 9.02. The zero-order valence-electron chi connectivity index (χ0n) is 11.6. The van der Waals surface area contributed by atoms with E-state index in [1.165, 1.54) is 0 Å². The summed E-state index contributed by atoms with van der Waals surface area (Å²) in [5.74, 6) is -0.157. The maximum atomic E-state index is 12.3. The lowest BCUT2D eigenvalue weighted by atomic mass is 9.96. The summed E-state index contributed by atoms with van der Waals surface area (Å²) >= 11 is 0. The molecule has 0 spiro atoms. The van der Waals surface area contributed by atoms with Crippen LogP contribution in [0.1, 0.15) is 31.0 Å². The third kappa shape index (κ3) is 2.62. The van der Waals surface area contributed by atoms with Crippen LogP contribution in [0.25, 0.3) is 0 Å². The fourth-order valence-corrected chi connectivity index (χ4v) is 2.44. The Morgan fingerprint density at radius 3 is 2.68 bits per heavy atom. The van der Waals surface area contributed by atoms with Crippen LogP contribution in [-0.4, -0.2) is 29.8 Å². The smallest absolute Gasteiger partial charge is 0.247 e. The van der Waals surface area contributed by atoms with Crippen LogP contribution in [0.5, 0.6) is 0 Å². The molecular weight excluding hydrogens is 240 g/mol. The van der Waals surface area contributed by atoms with E-state index in [2.05, 4.69) is 5.32 Å². The topological polar surface area (TPSA) is 49.4 Å². The van der Waals surface area contributed by atoms with E-state index in [0.717, 1.165) is 11.1 Å². The number of rotatable bonds is 2. The number of piperazine rings is 1. The number of nitrogens with one attached hydrogen (secondary N) is 1. The standard InChI is InChI=1S/C15H20N2O2/c1-10(2)15(19)17-9-8-16-14(18)13(17)12-7-5-4-6-11(12)3/h4-7,10,13H,8-9H2,1-3H3,(H,16,18). The molecule has 2 rings (SSSR count). The van der Waals surface area contributed by atoms with Gasteiger partial charge in [-0.25, -0.2) is 0 Å². The van der Waals surface area contributed by atoms with Crippen LogP contribution in [0.2, 0.25) is 0 Å². The summed E-state index contributed by atoms with van der Waals surface area (Å²) in [7, 11) is 0. The summed E-state index contributed by atoms with van der Waals surface area (Å²) in [4.78, 5) is 26.2. The molecule has 0 aliphatic carbocycles. The molecule has 1 atom stereocenters. The van der Waals surface area contributed by atoms with Crippen molar-refractivity contribution in [2.75, 3.05) is 13.1 Å². The minimum absolute atomic E-state index is 0.0307. The summed E-state index contributed by atoms with van der Waals surface area (Å²) in [5.41, 5.74) is 1.94. The van der Waals surface area contributed by atoms with Gasteiger partial charge in [0.2, 0.25) is 11.8 Å². The fraction of sp³-hybridized carbons (Fsp3) is 0.467. The van der Waals surface area contributed by atoms with Crippen molar-refractivity contribution in [1.82, 2.24) is 10.2 Å². The van der Waals surface area contributed by atoms with Crippen molar-refractivity contribution in [2.45, 2.75) is 26.8 Å². The molecule has 1 fully saturated rings. The predicted molar refractivity (Wildman–Crippen MR) is 73.5 cm³/mol. The van der Waals surface area contributed by atoms with Gasteiger partial charge in [0.1, 0.15) is 6.04 Å². The van der Waals surface area contributed by atoms with Gasteiger partial charge in [-0.1, -0.05) is 38.1 Å². The second kappa shape index (κ2) is 5.43. The Balaban J connectivity index is 2.40. The summed E-state index contributed by atoms with van der Waals surface area (Å²) in [5, 5.41) is 2.85. The van der Waals surface area contributed by atoms with Crippen molar-refractivity contribution in [3.63, 3.8) is 0 Å². The summed E-state index contributed by atoms with van der Waals surface area (Å²) < 4.78 is 0. The maximum absolute atomic E-state index is 12.3. The van der Waals surface area contributed by atoms with Gasteiger partial charge in [-0.05, 0) is 18.1 Å². The van der Waals surface area contributed by atoms with Crippen LogP contribution in [-0.2, 0) is 9.59 Å². The van der Waals surface area contributed by atoms with Crippen molar-refractivity contribution in [3.05, 3.63) is 35.4 Å². The SMILES string of the molecule is Cc1ccccc1C1C(=O)NCCN1C(=O)C(C)C. The lowest BCUT2D eigenvalue weighted by Crippen LogP contribution is -2.53. The van der Waals surface area contributed by atoms with Crippen molar-refractivity contribution in [1.29, 1.82) is 0 Å². The highest BCUT2D eigenvalue weighted by molar-refractivity contribution is 5.90. The van der Waals surface area contributed by atoms with Gasteiger partial charge >= 0.3 is 0 Å². The Bertz CT molecular complexity index is 497. The number of aryl methyl sites for hydroxylation is 1. The molecule has 0 aromatic heterocycles. The monoisotopic (exact) mass is 260 g/mol. The Morgan fingerprint density at radius 2 is 2.05 bits per heavy atom. The highest BCUT2D eigenvalue weighted by Crippen LogP contribution is 2.27. The number of amides is 2. The second-order valence-corrected chi connectivity index (χ2v) is 5.24. The number of benzene rings is 1.